The zero-order valence-electron chi connectivity index (χ0n) is 17.0. The molecule has 1 aliphatic heterocycles. The summed E-state index contributed by atoms with van der Waals surface area (Å²) in [6.45, 7) is 8.27. The van der Waals surface area contributed by atoms with E-state index in [2.05, 4.69) is 38.2 Å². The lowest BCUT2D eigenvalue weighted by Crippen LogP contribution is -2.42. The second kappa shape index (κ2) is 7.83. The third-order valence-electron chi connectivity index (χ3n) is 6.08. The van der Waals surface area contributed by atoms with Crippen LogP contribution in [-0.2, 0) is 15.0 Å². The Morgan fingerprint density at radius 2 is 1.81 bits per heavy atom. The van der Waals surface area contributed by atoms with Crippen LogP contribution in [-0.4, -0.2) is 23.4 Å². The predicted octanol–water partition coefficient (Wildman–Crippen LogP) is 4.80. The molecule has 1 amide bonds. The van der Waals surface area contributed by atoms with Crippen molar-refractivity contribution >= 4 is 28.8 Å². The van der Waals surface area contributed by atoms with E-state index in [4.69, 9.17) is 0 Å². The van der Waals surface area contributed by atoms with Gasteiger partial charge < -0.3 is 4.90 Å². The zero-order valence-corrected chi connectivity index (χ0v) is 17.0. The number of carbonyl (C=O) groups is 2. The number of nitrogens with zero attached hydrogens (tertiary/aromatic N) is 2. The van der Waals surface area contributed by atoms with E-state index in [-0.39, 0.29) is 17.7 Å². The normalized spacial score (nSPS) is 20.9. The summed E-state index contributed by atoms with van der Waals surface area (Å²) in [4.78, 5) is 27.3. The molecule has 5 nitrogen and oxygen atoms in total. The van der Waals surface area contributed by atoms with Crippen molar-refractivity contribution in [3.8, 4) is 0 Å². The third kappa shape index (κ3) is 3.40. The minimum Gasteiger partial charge on any atom is -0.309 e. The topological polar surface area (TPSA) is 61.8 Å². The SMILES string of the molecule is CCC1(CC)C(=O)N(C(C)C)c2ccc(N/N=C3\CCCCCC3=O)cc21. The molecule has 0 bridgehead atoms. The first-order valence-electron chi connectivity index (χ1n) is 10.3. The minimum atomic E-state index is -0.470. The van der Waals surface area contributed by atoms with Gasteiger partial charge in [0.25, 0.3) is 0 Å². The number of hydrogen-bond acceptors (Lipinski definition) is 4. The van der Waals surface area contributed by atoms with Crippen molar-refractivity contribution in [1.29, 1.82) is 0 Å². The molecule has 3 rings (SSSR count). The highest BCUT2D eigenvalue weighted by Crippen LogP contribution is 2.47. The summed E-state index contributed by atoms with van der Waals surface area (Å²) >= 11 is 0. The fourth-order valence-electron chi connectivity index (χ4n) is 4.39. The quantitative estimate of drug-likeness (QED) is 0.599. The zero-order chi connectivity index (χ0) is 19.6. The molecule has 146 valence electrons. The molecule has 0 atom stereocenters. The number of amides is 1. The van der Waals surface area contributed by atoms with E-state index in [1.807, 2.05) is 23.1 Å². The molecule has 1 aliphatic carbocycles. The van der Waals surface area contributed by atoms with E-state index in [1.54, 1.807) is 0 Å². The second-order valence-electron chi connectivity index (χ2n) is 7.94. The first-order chi connectivity index (χ1) is 12.9. The van der Waals surface area contributed by atoms with E-state index in [1.165, 1.54) is 0 Å². The van der Waals surface area contributed by atoms with Gasteiger partial charge in [-0.3, -0.25) is 15.0 Å². The largest absolute Gasteiger partial charge is 0.309 e. The summed E-state index contributed by atoms with van der Waals surface area (Å²) in [5.41, 5.74) is 6.17. The van der Waals surface area contributed by atoms with E-state index < -0.39 is 5.41 Å². The molecule has 0 saturated heterocycles. The van der Waals surface area contributed by atoms with Crippen molar-refractivity contribution in [2.24, 2.45) is 5.10 Å². The van der Waals surface area contributed by atoms with Crippen LogP contribution in [0.25, 0.3) is 0 Å². The Labute approximate surface area is 162 Å². The maximum atomic E-state index is 13.2. The average Bonchev–Trinajstić information content (AvgIpc) is 2.75. The molecule has 1 N–H and O–H groups in total. The Morgan fingerprint density at radius 3 is 2.48 bits per heavy atom. The van der Waals surface area contributed by atoms with Crippen LogP contribution in [0.2, 0.25) is 0 Å². The van der Waals surface area contributed by atoms with Crippen molar-refractivity contribution in [2.75, 3.05) is 10.3 Å². The first kappa shape index (κ1) is 19.6. The summed E-state index contributed by atoms with van der Waals surface area (Å²) in [7, 11) is 0. The van der Waals surface area contributed by atoms with Crippen LogP contribution in [0.5, 0.6) is 0 Å². The molecule has 1 saturated carbocycles. The van der Waals surface area contributed by atoms with Crippen LogP contribution in [0.1, 0.15) is 78.2 Å². The monoisotopic (exact) mass is 369 g/mol. The van der Waals surface area contributed by atoms with Crippen LogP contribution >= 0.6 is 0 Å². The van der Waals surface area contributed by atoms with Crippen molar-refractivity contribution < 1.29 is 9.59 Å². The Balaban J connectivity index is 1.94. The van der Waals surface area contributed by atoms with Gasteiger partial charge in [-0.1, -0.05) is 20.3 Å². The molecule has 27 heavy (non-hydrogen) atoms. The van der Waals surface area contributed by atoms with Crippen LogP contribution in [0.4, 0.5) is 11.4 Å². The highest BCUT2D eigenvalue weighted by molar-refractivity contribution is 6.40. The number of hydrazone groups is 1. The first-order valence-corrected chi connectivity index (χ1v) is 10.3. The fourth-order valence-corrected chi connectivity index (χ4v) is 4.39. The maximum Gasteiger partial charge on any atom is 0.237 e. The molecule has 0 radical (unpaired) electrons. The van der Waals surface area contributed by atoms with Gasteiger partial charge in [0.05, 0.1) is 11.1 Å². The summed E-state index contributed by atoms with van der Waals surface area (Å²) in [6.07, 6.45) is 5.94. The summed E-state index contributed by atoms with van der Waals surface area (Å²) in [5, 5.41) is 4.41. The molecule has 1 heterocycles. The number of Topliss-reactive ketones (excluding diaryl/α,β-unsaturated/α-hetero) is 1. The summed E-state index contributed by atoms with van der Waals surface area (Å²) in [6, 6.07) is 6.14. The molecular formula is C22H31N3O2. The van der Waals surface area contributed by atoms with Gasteiger partial charge in [-0.15, -0.1) is 0 Å². The highest BCUT2D eigenvalue weighted by atomic mass is 16.2. The van der Waals surface area contributed by atoms with Crippen molar-refractivity contribution in [3.63, 3.8) is 0 Å². The third-order valence-corrected chi connectivity index (χ3v) is 6.08. The predicted molar refractivity (Wildman–Crippen MR) is 110 cm³/mol. The van der Waals surface area contributed by atoms with Gasteiger partial charge in [-0.25, -0.2) is 0 Å². The lowest BCUT2D eigenvalue weighted by Gasteiger charge is -2.27. The Morgan fingerprint density at radius 1 is 1.11 bits per heavy atom. The highest BCUT2D eigenvalue weighted by Gasteiger charge is 2.49. The summed E-state index contributed by atoms with van der Waals surface area (Å²) in [5.74, 6) is 0.346. The lowest BCUT2D eigenvalue weighted by molar-refractivity contribution is -0.123. The smallest absolute Gasteiger partial charge is 0.237 e. The van der Waals surface area contributed by atoms with Gasteiger partial charge >= 0.3 is 0 Å². The fraction of sp³-hybridized carbons (Fsp3) is 0.591. The number of fused-ring (bicyclic) bond motifs is 1. The minimum absolute atomic E-state index is 0.124. The number of ketones is 1. The van der Waals surface area contributed by atoms with Crippen LogP contribution in [0.3, 0.4) is 0 Å². The van der Waals surface area contributed by atoms with Gasteiger partial charge in [0.2, 0.25) is 5.91 Å². The van der Waals surface area contributed by atoms with Crippen molar-refractivity contribution in [2.45, 2.75) is 84.1 Å². The van der Waals surface area contributed by atoms with Crippen molar-refractivity contribution in [3.05, 3.63) is 23.8 Å². The van der Waals surface area contributed by atoms with E-state index in [0.717, 1.165) is 55.5 Å². The number of benzene rings is 1. The van der Waals surface area contributed by atoms with Crippen LogP contribution in [0.15, 0.2) is 23.3 Å². The standard InChI is InChI=1S/C22H31N3O2/c1-5-22(6-2)17-14-16(12-13-19(17)25(15(3)4)21(22)27)23-24-18-10-8-7-9-11-20(18)26/h12-15,23H,5-11H2,1-4H3/b24-18+. The second-order valence-corrected chi connectivity index (χ2v) is 7.94. The van der Waals surface area contributed by atoms with Crippen LogP contribution in [0, 0.1) is 0 Å². The molecule has 1 fully saturated rings. The molecule has 5 heteroatoms. The number of anilines is 2. The van der Waals surface area contributed by atoms with E-state index in [0.29, 0.717) is 12.1 Å². The Bertz CT molecular complexity index is 763. The Kier molecular flexibility index (Phi) is 5.68. The molecular weight excluding hydrogens is 338 g/mol. The molecule has 0 spiro atoms. The van der Waals surface area contributed by atoms with Gasteiger partial charge in [0.15, 0.2) is 5.78 Å². The van der Waals surface area contributed by atoms with Gasteiger partial charge in [0.1, 0.15) is 5.71 Å². The number of carbonyl (C=O) groups excluding carboxylic acids is 2. The van der Waals surface area contributed by atoms with Gasteiger partial charge in [-0.05, 0) is 69.7 Å². The molecule has 0 aromatic heterocycles. The summed E-state index contributed by atoms with van der Waals surface area (Å²) < 4.78 is 0. The van der Waals surface area contributed by atoms with E-state index in [9.17, 15) is 9.59 Å². The molecule has 0 unspecified atom stereocenters. The molecule has 2 aliphatic rings. The van der Waals surface area contributed by atoms with Crippen molar-refractivity contribution in [1.82, 2.24) is 0 Å². The molecule has 1 aromatic carbocycles. The van der Waals surface area contributed by atoms with Gasteiger partial charge in [0, 0.05) is 18.2 Å². The number of nitrogens with one attached hydrogen (secondary N) is 1. The van der Waals surface area contributed by atoms with E-state index >= 15 is 0 Å². The maximum absolute atomic E-state index is 13.2. The molecule has 1 aromatic rings. The van der Waals surface area contributed by atoms with Crippen LogP contribution < -0.4 is 10.3 Å². The number of rotatable bonds is 5. The average molecular weight is 370 g/mol. The lowest BCUT2D eigenvalue weighted by atomic mass is 9.77. The Hall–Kier alpha value is -2.17. The number of hydrogen-bond donors (Lipinski definition) is 1. The van der Waals surface area contributed by atoms with Gasteiger partial charge in [-0.2, -0.15) is 5.10 Å².